The van der Waals surface area contributed by atoms with Crippen LogP contribution >= 0.6 is 0 Å². The summed E-state index contributed by atoms with van der Waals surface area (Å²) in [6.07, 6.45) is 0. The number of ether oxygens (including phenoxy) is 1. The van der Waals surface area contributed by atoms with Crippen LogP contribution in [-0.4, -0.2) is 34.3 Å². The third-order valence-corrected chi connectivity index (χ3v) is 6.65. The van der Waals surface area contributed by atoms with E-state index in [1.807, 2.05) is 59.3 Å². The molecule has 3 aromatic carbocycles. The number of anilines is 1. The van der Waals surface area contributed by atoms with Gasteiger partial charge in [0.05, 0.1) is 6.54 Å². The number of benzene rings is 3. The Bertz CT molecular complexity index is 1330. The van der Waals surface area contributed by atoms with E-state index in [-0.39, 0.29) is 5.41 Å². The number of nitrogens with one attached hydrogen (secondary N) is 1. The lowest BCUT2D eigenvalue weighted by Crippen LogP contribution is -2.62. The maximum atomic E-state index is 9.91. The molecule has 0 bridgehead atoms. The van der Waals surface area contributed by atoms with Gasteiger partial charge in [-0.25, -0.2) is 4.68 Å². The lowest BCUT2D eigenvalue weighted by molar-refractivity contribution is -0.0154. The molecule has 1 saturated heterocycles. The molecular formula is C28H25N5O. The van der Waals surface area contributed by atoms with Crippen molar-refractivity contribution in [2.45, 2.75) is 13.1 Å². The largest absolute Gasteiger partial charge is 0.457 e. The molecule has 1 N–H and O–H groups in total. The molecule has 4 aromatic rings. The van der Waals surface area contributed by atoms with E-state index in [9.17, 15) is 5.26 Å². The monoisotopic (exact) mass is 447 g/mol. The molecule has 34 heavy (non-hydrogen) atoms. The average molecular weight is 448 g/mol. The third kappa shape index (κ3) is 3.81. The quantitative estimate of drug-likeness (QED) is 0.459. The molecule has 3 heterocycles. The molecule has 0 amide bonds. The van der Waals surface area contributed by atoms with E-state index in [1.54, 1.807) is 0 Å². The van der Waals surface area contributed by atoms with Gasteiger partial charge >= 0.3 is 0 Å². The highest BCUT2D eigenvalue weighted by atomic mass is 16.5. The van der Waals surface area contributed by atoms with Crippen molar-refractivity contribution in [3.8, 4) is 28.8 Å². The van der Waals surface area contributed by atoms with E-state index in [2.05, 4.69) is 46.6 Å². The summed E-state index contributed by atoms with van der Waals surface area (Å²) < 4.78 is 7.89. The molecule has 6 nitrogen and oxygen atoms in total. The Labute approximate surface area is 199 Å². The number of hydrogen-bond donors (Lipinski definition) is 1. The van der Waals surface area contributed by atoms with Crippen molar-refractivity contribution >= 4 is 5.82 Å². The maximum Gasteiger partial charge on any atom is 0.143 e. The predicted molar refractivity (Wildman–Crippen MR) is 132 cm³/mol. The number of fused-ring (bicyclic) bond motifs is 1. The Morgan fingerprint density at radius 1 is 0.882 bits per heavy atom. The SMILES string of the molecule is N#Cc1c(-c2ccc(Oc3ccccc3)cc2)nn2c1NCC1(CN(Cc3ccccc3)C1)C2. The molecule has 0 saturated carbocycles. The van der Waals surface area contributed by atoms with Gasteiger partial charge in [-0.15, -0.1) is 0 Å². The summed E-state index contributed by atoms with van der Waals surface area (Å²) >= 11 is 0. The summed E-state index contributed by atoms with van der Waals surface area (Å²) in [6.45, 7) is 4.71. The summed E-state index contributed by atoms with van der Waals surface area (Å²) in [7, 11) is 0. The molecule has 6 rings (SSSR count). The average Bonchev–Trinajstić information content (AvgIpc) is 3.22. The van der Waals surface area contributed by atoms with Gasteiger partial charge < -0.3 is 10.1 Å². The Morgan fingerprint density at radius 3 is 2.26 bits per heavy atom. The van der Waals surface area contributed by atoms with Gasteiger partial charge in [0.25, 0.3) is 0 Å². The third-order valence-electron chi connectivity index (χ3n) is 6.65. The molecule has 2 aliphatic rings. The second-order valence-corrected chi connectivity index (χ2v) is 9.27. The van der Waals surface area contributed by atoms with Crippen molar-refractivity contribution < 1.29 is 4.74 Å². The van der Waals surface area contributed by atoms with Crippen molar-refractivity contribution in [1.29, 1.82) is 5.26 Å². The highest BCUT2D eigenvalue weighted by Gasteiger charge is 2.46. The van der Waals surface area contributed by atoms with Crippen LogP contribution in [0.1, 0.15) is 11.1 Å². The van der Waals surface area contributed by atoms with Crippen LogP contribution < -0.4 is 10.1 Å². The second kappa shape index (κ2) is 8.36. The molecule has 1 spiro atoms. The van der Waals surface area contributed by atoms with Crippen molar-refractivity contribution in [3.05, 3.63) is 96.1 Å². The maximum absolute atomic E-state index is 9.91. The molecule has 1 fully saturated rings. The smallest absolute Gasteiger partial charge is 0.143 e. The summed E-state index contributed by atoms with van der Waals surface area (Å²) in [6, 6.07) is 30.4. The number of nitrogens with zero attached hydrogens (tertiary/aromatic N) is 4. The standard InChI is InChI=1S/C28H25N5O/c29-15-25-26(22-11-13-24(14-12-22)34-23-9-5-2-6-10-23)31-33-20-28(17-30-27(25)33)18-32(19-28)16-21-7-3-1-4-8-21/h1-14,30H,16-20H2. The van der Waals surface area contributed by atoms with E-state index < -0.39 is 0 Å². The molecule has 1 aromatic heterocycles. The topological polar surface area (TPSA) is 66.1 Å². The second-order valence-electron chi connectivity index (χ2n) is 9.27. The van der Waals surface area contributed by atoms with Crippen LogP contribution in [0.4, 0.5) is 5.82 Å². The van der Waals surface area contributed by atoms with E-state index in [1.165, 1.54) is 5.56 Å². The highest BCUT2D eigenvalue weighted by molar-refractivity contribution is 5.74. The molecule has 0 atom stereocenters. The minimum Gasteiger partial charge on any atom is -0.457 e. The molecule has 6 heteroatoms. The zero-order valence-electron chi connectivity index (χ0n) is 18.8. The summed E-state index contributed by atoms with van der Waals surface area (Å²) in [5, 5.41) is 18.3. The Balaban J connectivity index is 1.18. The van der Waals surface area contributed by atoms with E-state index >= 15 is 0 Å². The first-order chi connectivity index (χ1) is 16.7. The first-order valence-corrected chi connectivity index (χ1v) is 11.6. The summed E-state index contributed by atoms with van der Waals surface area (Å²) in [4.78, 5) is 2.48. The lowest BCUT2D eigenvalue weighted by Gasteiger charge is -2.52. The fourth-order valence-electron chi connectivity index (χ4n) is 5.08. The lowest BCUT2D eigenvalue weighted by atomic mass is 9.78. The molecule has 0 aliphatic carbocycles. The summed E-state index contributed by atoms with van der Waals surface area (Å²) in [5.41, 5.74) is 3.73. The van der Waals surface area contributed by atoms with Crippen LogP contribution in [0.2, 0.25) is 0 Å². The number of rotatable bonds is 5. The Morgan fingerprint density at radius 2 is 1.56 bits per heavy atom. The van der Waals surface area contributed by atoms with Gasteiger partial charge in [0.2, 0.25) is 0 Å². The number of aromatic nitrogens is 2. The predicted octanol–water partition coefficient (Wildman–Crippen LogP) is 5.14. The van der Waals surface area contributed by atoms with Crippen LogP contribution in [0.3, 0.4) is 0 Å². The molecule has 0 radical (unpaired) electrons. The van der Waals surface area contributed by atoms with Crippen LogP contribution in [0.15, 0.2) is 84.9 Å². The minimum atomic E-state index is 0.158. The zero-order valence-corrected chi connectivity index (χ0v) is 18.8. The molecular weight excluding hydrogens is 422 g/mol. The van der Waals surface area contributed by atoms with Crippen molar-refractivity contribution in [3.63, 3.8) is 0 Å². The molecule has 2 aliphatic heterocycles. The van der Waals surface area contributed by atoms with Crippen LogP contribution in [-0.2, 0) is 13.1 Å². The Hall–Kier alpha value is -4.08. The molecule has 0 unspecified atom stereocenters. The van der Waals surface area contributed by atoms with E-state index in [0.29, 0.717) is 11.3 Å². The first kappa shape index (κ1) is 20.5. The minimum absolute atomic E-state index is 0.158. The normalized spacial score (nSPS) is 16.2. The zero-order chi connectivity index (χ0) is 23.0. The number of likely N-dealkylation sites (tertiary alicyclic amines) is 1. The fourth-order valence-corrected chi connectivity index (χ4v) is 5.08. The van der Waals surface area contributed by atoms with Crippen molar-refractivity contribution in [2.24, 2.45) is 5.41 Å². The van der Waals surface area contributed by atoms with Crippen LogP contribution in [0.5, 0.6) is 11.5 Å². The van der Waals surface area contributed by atoms with E-state index in [4.69, 9.17) is 9.84 Å². The van der Waals surface area contributed by atoms with Gasteiger partial charge in [-0.1, -0.05) is 48.5 Å². The van der Waals surface area contributed by atoms with Gasteiger partial charge in [-0.3, -0.25) is 4.90 Å². The highest BCUT2D eigenvalue weighted by Crippen LogP contribution is 2.40. The van der Waals surface area contributed by atoms with Crippen LogP contribution in [0, 0.1) is 16.7 Å². The van der Waals surface area contributed by atoms with Crippen molar-refractivity contribution in [1.82, 2.24) is 14.7 Å². The van der Waals surface area contributed by atoms with E-state index in [0.717, 1.165) is 55.6 Å². The van der Waals surface area contributed by atoms with Gasteiger partial charge in [0.1, 0.15) is 34.6 Å². The number of para-hydroxylation sites is 1. The first-order valence-electron chi connectivity index (χ1n) is 11.6. The Kier molecular flexibility index (Phi) is 5.05. The fraction of sp³-hybridized carbons (Fsp3) is 0.214. The van der Waals surface area contributed by atoms with Gasteiger partial charge in [0, 0.05) is 37.2 Å². The summed E-state index contributed by atoms with van der Waals surface area (Å²) in [5.74, 6) is 2.37. The number of hydrogen-bond acceptors (Lipinski definition) is 5. The van der Waals surface area contributed by atoms with Crippen LogP contribution in [0.25, 0.3) is 11.3 Å². The van der Waals surface area contributed by atoms with Gasteiger partial charge in [0.15, 0.2) is 0 Å². The molecule has 168 valence electrons. The van der Waals surface area contributed by atoms with Crippen molar-refractivity contribution in [2.75, 3.05) is 25.0 Å². The number of nitriles is 1. The van der Waals surface area contributed by atoms with Gasteiger partial charge in [-0.2, -0.15) is 10.4 Å². The van der Waals surface area contributed by atoms with Gasteiger partial charge in [-0.05, 0) is 42.0 Å².